The summed E-state index contributed by atoms with van der Waals surface area (Å²) in [5.74, 6) is -0.573. The Labute approximate surface area is 157 Å². The molecule has 0 unspecified atom stereocenters. The molecule has 136 valence electrons. The van der Waals surface area contributed by atoms with Gasteiger partial charge in [-0.3, -0.25) is 14.5 Å². The van der Waals surface area contributed by atoms with Gasteiger partial charge in [0.05, 0.1) is 22.5 Å². The SMILES string of the molecule is CC.Cc1c(-c2ccc3c(c2)C(=O)N(C)C3=O)nnn1C1=CC=CC=C=C1. The summed E-state index contributed by atoms with van der Waals surface area (Å²) in [5.41, 5.74) is 6.97. The molecule has 2 aliphatic rings. The fourth-order valence-corrected chi connectivity index (χ4v) is 2.93. The molecule has 0 fully saturated rings. The van der Waals surface area contributed by atoms with Crippen molar-refractivity contribution in [3.63, 3.8) is 0 Å². The summed E-state index contributed by atoms with van der Waals surface area (Å²) >= 11 is 0. The minimum Gasteiger partial charge on any atom is -0.277 e. The van der Waals surface area contributed by atoms with Gasteiger partial charge in [0.1, 0.15) is 5.69 Å². The van der Waals surface area contributed by atoms with E-state index in [2.05, 4.69) is 16.0 Å². The number of carbonyl (C=O) groups is 2. The highest BCUT2D eigenvalue weighted by atomic mass is 16.2. The van der Waals surface area contributed by atoms with E-state index in [0.717, 1.165) is 21.9 Å². The molecule has 0 bridgehead atoms. The van der Waals surface area contributed by atoms with Crippen LogP contribution in [0.25, 0.3) is 17.0 Å². The number of fused-ring (bicyclic) bond motifs is 1. The largest absolute Gasteiger partial charge is 0.277 e. The number of nitrogens with zero attached hydrogens (tertiary/aromatic N) is 4. The number of rotatable bonds is 2. The predicted molar refractivity (Wildman–Crippen MR) is 104 cm³/mol. The normalized spacial score (nSPS) is 14.7. The Balaban J connectivity index is 0.00000102. The van der Waals surface area contributed by atoms with Gasteiger partial charge in [0.25, 0.3) is 11.8 Å². The highest BCUT2D eigenvalue weighted by molar-refractivity contribution is 6.21. The van der Waals surface area contributed by atoms with Gasteiger partial charge in [0.2, 0.25) is 0 Å². The van der Waals surface area contributed by atoms with Crippen molar-refractivity contribution in [2.75, 3.05) is 7.05 Å². The Morgan fingerprint density at radius 2 is 1.78 bits per heavy atom. The lowest BCUT2D eigenvalue weighted by atomic mass is 10.0. The first-order chi connectivity index (χ1) is 13.1. The standard InChI is InChI=1S/C19H14N4O2.C2H6/c1-12-17(20-21-23(12)14-7-5-3-4-6-8-14)13-9-10-15-16(11-13)19(25)22(2)18(15)24;1-2/h3-5,7-11H,1-2H3;1-2H3. The molecule has 0 spiro atoms. The van der Waals surface area contributed by atoms with Crippen molar-refractivity contribution in [2.45, 2.75) is 20.8 Å². The third-order valence-corrected chi connectivity index (χ3v) is 4.30. The average molecular weight is 360 g/mol. The first-order valence-corrected chi connectivity index (χ1v) is 8.77. The van der Waals surface area contributed by atoms with E-state index in [-0.39, 0.29) is 11.8 Å². The molecule has 2 amide bonds. The highest BCUT2D eigenvalue weighted by Gasteiger charge is 2.33. The van der Waals surface area contributed by atoms with E-state index in [4.69, 9.17) is 0 Å². The maximum absolute atomic E-state index is 12.2. The predicted octanol–water partition coefficient (Wildman–Crippen LogP) is 3.63. The lowest BCUT2D eigenvalue weighted by Gasteiger charge is -2.04. The second kappa shape index (κ2) is 7.40. The summed E-state index contributed by atoms with van der Waals surface area (Å²) in [5, 5.41) is 8.48. The molecule has 4 rings (SSSR count). The molecule has 1 aromatic heterocycles. The van der Waals surface area contributed by atoms with E-state index in [0.29, 0.717) is 16.8 Å². The second-order valence-electron chi connectivity index (χ2n) is 5.82. The van der Waals surface area contributed by atoms with Crippen LogP contribution in [0.2, 0.25) is 0 Å². The molecule has 0 saturated carbocycles. The van der Waals surface area contributed by atoms with Crippen LogP contribution in [0.1, 0.15) is 40.3 Å². The molecular formula is C21H20N4O2. The van der Waals surface area contributed by atoms with Gasteiger partial charge in [-0.2, -0.15) is 0 Å². The Hall–Kier alpha value is -3.50. The summed E-state index contributed by atoms with van der Waals surface area (Å²) in [6.07, 6.45) is 9.35. The van der Waals surface area contributed by atoms with Crippen molar-refractivity contribution in [1.82, 2.24) is 19.9 Å². The topological polar surface area (TPSA) is 68.1 Å². The number of aromatic nitrogens is 3. The second-order valence-corrected chi connectivity index (χ2v) is 5.82. The molecule has 1 aliphatic carbocycles. The maximum Gasteiger partial charge on any atom is 0.261 e. The molecule has 0 radical (unpaired) electrons. The first kappa shape index (κ1) is 18.3. The summed E-state index contributed by atoms with van der Waals surface area (Å²) in [7, 11) is 1.48. The molecule has 2 heterocycles. The molecule has 27 heavy (non-hydrogen) atoms. The Morgan fingerprint density at radius 1 is 1.04 bits per heavy atom. The fraction of sp³-hybridized carbons (Fsp3) is 0.190. The molecule has 0 saturated heterocycles. The lowest BCUT2D eigenvalue weighted by Crippen LogP contribution is -2.24. The van der Waals surface area contributed by atoms with Crippen LogP contribution in [0.5, 0.6) is 0 Å². The van der Waals surface area contributed by atoms with Gasteiger partial charge in [-0.15, -0.1) is 10.8 Å². The Kier molecular flexibility index (Phi) is 5.01. The van der Waals surface area contributed by atoms with Crippen LogP contribution in [0.3, 0.4) is 0 Å². The molecule has 6 nitrogen and oxygen atoms in total. The van der Waals surface area contributed by atoms with E-state index in [9.17, 15) is 9.59 Å². The quantitative estimate of drug-likeness (QED) is 0.606. The van der Waals surface area contributed by atoms with Crippen LogP contribution in [0, 0.1) is 6.92 Å². The number of imide groups is 1. The minimum atomic E-state index is -0.295. The van der Waals surface area contributed by atoms with Crippen LogP contribution in [-0.4, -0.2) is 38.8 Å². The molecular weight excluding hydrogens is 340 g/mol. The summed E-state index contributed by atoms with van der Waals surface area (Å²) < 4.78 is 1.72. The van der Waals surface area contributed by atoms with E-state index >= 15 is 0 Å². The van der Waals surface area contributed by atoms with Gasteiger partial charge in [0.15, 0.2) is 0 Å². The maximum atomic E-state index is 12.2. The number of carbonyl (C=O) groups excluding carboxylic acids is 2. The lowest BCUT2D eigenvalue weighted by molar-refractivity contribution is 0.0693. The van der Waals surface area contributed by atoms with Crippen LogP contribution in [-0.2, 0) is 0 Å². The molecule has 0 N–H and O–H groups in total. The number of benzene rings is 1. The van der Waals surface area contributed by atoms with Crippen molar-refractivity contribution >= 4 is 17.5 Å². The van der Waals surface area contributed by atoms with E-state index in [1.165, 1.54) is 7.05 Å². The minimum absolute atomic E-state index is 0.278. The highest BCUT2D eigenvalue weighted by Crippen LogP contribution is 2.29. The van der Waals surface area contributed by atoms with Crippen LogP contribution < -0.4 is 0 Å². The molecule has 6 heteroatoms. The monoisotopic (exact) mass is 360 g/mol. The fourth-order valence-electron chi connectivity index (χ4n) is 2.93. The van der Waals surface area contributed by atoms with Gasteiger partial charge in [-0.25, -0.2) is 4.68 Å². The third kappa shape index (κ3) is 3.07. The van der Waals surface area contributed by atoms with Gasteiger partial charge in [-0.05, 0) is 31.2 Å². The Morgan fingerprint density at radius 3 is 2.56 bits per heavy atom. The van der Waals surface area contributed by atoms with Crippen LogP contribution in [0.15, 0.2) is 54.3 Å². The Bertz CT molecular complexity index is 1050. The summed E-state index contributed by atoms with van der Waals surface area (Å²) in [6.45, 7) is 5.91. The van der Waals surface area contributed by atoms with E-state index < -0.39 is 0 Å². The van der Waals surface area contributed by atoms with Gasteiger partial charge >= 0.3 is 0 Å². The van der Waals surface area contributed by atoms with Crippen molar-refractivity contribution in [3.8, 4) is 11.3 Å². The van der Waals surface area contributed by atoms with Gasteiger partial charge in [-0.1, -0.05) is 37.3 Å². The van der Waals surface area contributed by atoms with Gasteiger partial charge < -0.3 is 0 Å². The molecule has 1 aliphatic heterocycles. The molecule has 1 aromatic carbocycles. The van der Waals surface area contributed by atoms with Crippen molar-refractivity contribution in [1.29, 1.82) is 0 Å². The first-order valence-electron chi connectivity index (χ1n) is 8.77. The summed E-state index contributed by atoms with van der Waals surface area (Å²) in [4.78, 5) is 25.3. The summed E-state index contributed by atoms with van der Waals surface area (Å²) in [6, 6.07) is 5.17. The third-order valence-electron chi connectivity index (χ3n) is 4.30. The van der Waals surface area contributed by atoms with Crippen LogP contribution in [0.4, 0.5) is 0 Å². The number of allylic oxidation sites excluding steroid dienone is 5. The molecule has 2 aromatic rings. The zero-order valence-electron chi connectivity index (χ0n) is 15.7. The van der Waals surface area contributed by atoms with Crippen molar-refractivity contribution in [2.24, 2.45) is 0 Å². The van der Waals surface area contributed by atoms with Crippen molar-refractivity contribution in [3.05, 3.63) is 71.1 Å². The van der Waals surface area contributed by atoms with Crippen molar-refractivity contribution < 1.29 is 9.59 Å². The number of amides is 2. The number of hydrogen-bond donors (Lipinski definition) is 0. The smallest absolute Gasteiger partial charge is 0.261 e. The van der Waals surface area contributed by atoms with Gasteiger partial charge in [0, 0.05) is 18.7 Å². The van der Waals surface area contributed by atoms with Crippen LogP contribution >= 0.6 is 0 Å². The van der Waals surface area contributed by atoms with E-state index in [1.54, 1.807) is 22.9 Å². The average Bonchev–Trinajstić information content (AvgIpc) is 3.02. The van der Waals surface area contributed by atoms with E-state index in [1.807, 2.05) is 51.2 Å². The zero-order valence-corrected chi connectivity index (χ0v) is 15.7. The molecule has 0 atom stereocenters. The number of hydrogen-bond acceptors (Lipinski definition) is 4. The zero-order chi connectivity index (χ0) is 19.6.